The van der Waals surface area contributed by atoms with Gasteiger partial charge in [0.15, 0.2) is 0 Å². The van der Waals surface area contributed by atoms with Gasteiger partial charge in [-0.25, -0.2) is 0 Å². The first-order valence-electron chi connectivity index (χ1n) is 6.04. The Morgan fingerprint density at radius 1 is 0.812 bits per heavy atom. The molecule has 0 aromatic heterocycles. The predicted octanol–water partition coefficient (Wildman–Crippen LogP) is 4.78. The highest BCUT2D eigenvalue weighted by Gasteiger charge is 2.21. The van der Waals surface area contributed by atoms with Crippen LogP contribution in [0, 0.1) is 0 Å². The minimum atomic E-state index is -0.481. The van der Waals surface area contributed by atoms with E-state index < -0.39 is 7.55 Å². The van der Waals surface area contributed by atoms with Crippen LogP contribution in [-0.4, -0.2) is 12.0 Å². The second-order valence-electron chi connectivity index (χ2n) is 3.91. The summed E-state index contributed by atoms with van der Waals surface area (Å²) >= 11 is 0. The number of allylic oxidation sites excluding steroid dienone is 8. The molecule has 1 saturated heterocycles. The molecule has 16 heavy (non-hydrogen) atoms. The van der Waals surface area contributed by atoms with Crippen molar-refractivity contribution >= 4 is 13.3 Å². The summed E-state index contributed by atoms with van der Waals surface area (Å²) in [4.78, 5) is 0. The van der Waals surface area contributed by atoms with Crippen LogP contribution >= 0.6 is 7.55 Å². The molecule has 0 bridgehead atoms. The highest BCUT2D eigenvalue weighted by Crippen LogP contribution is 2.49. The van der Waals surface area contributed by atoms with Gasteiger partial charge in [0.2, 0.25) is 0 Å². The Labute approximate surface area is 101 Å². The maximum atomic E-state index is 2.42. The van der Waals surface area contributed by atoms with E-state index in [-0.39, 0.29) is 0 Å². The Bertz CT molecular complexity index is 379. The van der Waals surface area contributed by atoms with Gasteiger partial charge in [0.05, 0.1) is 0 Å². The molecule has 0 nitrogen and oxygen atoms in total. The Morgan fingerprint density at radius 3 is 1.81 bits per heavy atom. The van der Waals surface area contributed by atoms with Crippen LogP contribution in [0.4, 0.5) is 0 Å². The van der Waals surface area contributed by atoms with E-state index in [1.54, 1.807) is 5.31 Å². The van der Waals surface area contributed by atoms with E-state index in [1.807, 2.05) is 0 Å². The number of hydrogen-bond acceptors (Lipinski definition) is 0. The van der Waals surface area contributed by atoms with Crippen LogP contribution in [0.2, 0.25) is 0 Å². The van der Waals surface area contributed by atoms with Crippen LogP contribution in [-0.2, 0) is 0 Å². The molecule has 1 aliphatic heterocycles. The van der Waals surface area contributed by atoms with E-state index in [2.05, 4.69) is 64.7 Å². The lowest BCUT2D eigenvalue weighted by Crippen LogP contribution is -2.06. The van der Waals surface area contributed by atoms with Gasteiger partial charge in [0.25, 0.3) is 0 Å². The van der Waals surface area contributed by atoms with Crippen molar-refractivity contribution in [1.29, 1.82) is 0 Å². The van der Waals surface area contributed by atoms with Crippen LogP contribution in [0.15, 0.2) is 46.3 Å². The number of rotatable bonds is 0. The third-order valence-electron chi connectivity index (χ3n) is 3.22. The summed E-state index contributed by atoms with van der Waals surface area (Å²) in [6.07, 6.45) is 10.3. The summed E-state index contributed by atoms with van der Waals surface area (Å²) < 4.78 is 0. The van der Waals surface area contributed by atoms with Crippen LogP contribution in [0.5, 0.6) is 0 Å². The van der Waals surface area contributed by atoms with E-state index in [1.165, 1.54) is 22.9 Å². The van der Waals surface area contributed by atoms with Crippen molar-refractivity contribution in [3.63, 3.8) is 0 Å². The summed E-state index contributed by atoms with van der Waals surface area (Å²) in [5.74, 6) is 2.42. The summed E-state index contributed by atoms with van der Waals surface area (Å²) in [6, 6.07) is 0. The quantitative estimate of drug-likeness (QED) is 0.529. The van der Waals surface area contributed by atoms with E-state index in [4.69, 9.17) is 0 Å². The van der Waals surface area contributed by atoms with Crippen LogP contribution in [0.1, 0.15) is 34.6 Å². The fourth-order valence-corrected chi connectivity index (χ4v) is 4.90. The minimum absolute atomic E-state index is 0.481. The van der Waals surface area contributed by atoms with E-state index in [0.717, 1.165) is 0 Å². The van der Waals surface area contributed by atoms with Gasteiger partial charge in [-0.2, -0.15) is 0 Å². The largest absolute Gasteiger partial charge is 0.0895 e. The Hall–Kier alpha value is -0.740. The lowest BCUT2D eigenvalue weighted by Gasteiger charge is -2.28. The van der Waals surface area contributed by atoms with Crippen molar-refractivity contribution in [1.82, 2.24) is 0 Å². The van der Waals surface area contributed by atoms with Crippen molar-refractivity contribution < 1.29 is 0 Å². The molecule has 0 aromatic carbocycles. The summed E-state index contributed by atoms with van der Waals surface area (Å²) in [5, 5.41) is 1.58. The van der Waals surface area contributed by atoms with Gasteiger partial charge in [-0.1, -0.05) is 37.6 Å². The molecule has 1 heteroatoms. The van der Waals surface area contributed by atoms with Gasteiger partial charge in [0.1, 0.15) is 0 Å². The van der Waals surface area contributed by atoms with Gasteiger partial charge in [-0.05, 0) is 62.8 Å². The Balaban J connectivity index is 3.39. The van der Waals surface area contributed by atoms with E-state index in [0.29, 0.717) is 0 Å². The fourth-order valence-electron chi connectivity index (χ4n) is 2.39. The van der Waals surface area contributed by atoms with Crippen molar-refractivity contribution in [2.24, 2.45) is 0 Å². The zero-order chi connectivity index (χ0) is 12.1. The average molecular weight is 234 g/mol. The molecule has 0 N–H and O–H groups in total. The van der Waals surface area contributed by atoms with Crippen LogP contribution < -0.4 is 0 Å². The summed E-state index contributed by atoms with van der Waals surface area (Å²) in [5.41, 5.74) is 4.42. The average Bonchev–Trinajstić information content (AvgIpc) is 2.35. The molecule has 1 fully saturated rings. The SMILES string of the molecule is CC=C1C[PH](=CC)C(=CC)C(=CC)C1=CC. The molecule has 88 valence electrons. The monoisotopic (exact) mass is 234 g/mol. The highest BCUT2D eigenvalue weighted by molar-refractivity contribution is 7.62. The second-order valence-corrected chi connectivity index (χ2v) is 6.43. The second kappa shape index (κ2) is 6.11. The first-order valence-corrected chi connectivity index (χ1v) is 7.82. The van der Waals surface area contributed by atoms with Gasteiger partial charge in [-0.3, -0.25) is 0 Å². The normalized spacial score (nSPS) is 32.2. The molecule has 0 aromatic rings. The predicted molar refractivity (Wildman–Crippen MR) is 79.9 cm³/mol. The Morgan fingerprint density at radius 2 is 1.44 bits per heavy atom. The highest BCUT2D eigenvalue weighted by atomic mass is 31.1. The van der Waals surface area contributed by atoms with Crippen LogP contribution in [0.25, 0.3) is 0 Å². The molecule has 0 spiro atoms. The molecule has 1 aliphatic rings. The molecule has 1 rings (SSSR count). The summed E-state index contributed by atoms with van der Waals surface area (Å²) in [7, 11) is -0.481. The van der Waals surface area contributed by atoms with Gasteiger partial charge in [0, 0.05) is 0 Å². The lowest BCUT2D eigenvalue weighted by molar-refractivity contribution is 1.29. The van der Waals surface area contributed by atoms with Crippen molar-refractivity contribution in [2.45, 2.75) is 34.6 Å². The first kappa shape index (κ1) is 13.3. The first-order chi connectivity index (χ1) is 7.73. The molecule has 1 heterocycles. The minimum Gasteiger partial charge on any atom is -0.0895 e. The van der Waals surface area contributed by atoms with Gasteiger partial charge >= 0.3 is 0 Å². The molecule has 1 unspecified atom stereocenters. The van der Waals surface area contributed by atoms with Gasteiger partial charge in [-0.15, -0.1) is 0 Å². The third-order valence-corrected chi connectivity index (χ3v) is 5.92. The van der Waals surface area contributed by atoms with Crippen molar-refractivity contribution in [3.8, 4) is 0 Å². The molecule has 0 saturated carbocycles. The molecule has 0 amide bonds. The smallest absolute Gasteiger partial charge is 0.00620 e. The lowest BCUT2D eigenvalue weighted by atomic mass is 9.97. The maximum Gasteiger partial charge on any atom is -0.00620 e. The molecule has 1 atom stereocenters. The zero-order valence-electron chi connectivity index (χ0n) is 11.1. The molecule has 0 aliphatic carbocycles. The Kier molecular flexibility index (Phi) is 5.09. The molecular weight excluding hydrogens is 211 g/mol. The zero-order valence-corrected chi connectivity index (χ0v) is 12.1. The topological polar surface area (TPSA) is 0 Å². The molecule has 0 radical (unpaired) electrons. The van der Waals surface area contributed by atoms with Gasteiger partial charge < -0.3 is 0 Å². The maximum absolute atomic E-state index is 2.42. The van der Waals surface area contributed by atoms with Crippen LogP contribution in [0.3, 0.4) is 0 Å². The third kappa shape index (κ3) is 2.33. The van der Waals surface area contributed by atoms with Crippen molar-refractivity contribution in [3.05, 3.63) is 46.3 Å². The fraction of sp³-hybridized carbons (Fsp3) is 0.400. The molecular formula is C15H23P. The standard InChI is InChI=1S/C15H23P/c1-6-12-11-16(10-5)15(9-4)14(8-3)13(12)7-2/h6-10,16H,11H2,1-5H3. The number of hydrogen-bond donors (Lipinski definition) is 0. The van der Waals surface area contributed by atoms with E-state index in [9.17, 15) is 0 Å². The van der Waals surface area contributed by atoms with E-state index >= 15 is 0 Å². The van der Waals surface area contributed by atoms with Crippen molar-refractivity contribution in [2.75, 3.05) is 6.16 Å². The summed E-state index contributed by atoms with van der Waals surface area (Å²) in [6.45, 7) is 10.8.